The molecule has 0 unspecified atom stereocenters. The zero-order chi connectivity index (χ0) is 8.10. The van der Waals surface area contributed by atoms with E-state index in [9.17, 15) is 10.1 Å². The summed E-state index contributed by atoms with van der Waals surface area (Å²) in [5.74, 6) is 0.286. The van der Waals surface area contributed by atoms with Crippen LogP contribution in [0.2, 0.25) is 0 Å². The molecule has 0 spiro atoms. The van der Waals surface area contributed by atoms with Gasteiger partial charge in [0.05, 0.1) is 0 Å². The number of rotatable bonds is 1. The van der Waals surface area contributed by atoms with E-state index in [-0.39, 0.29) is 35.3 Å². The Kier molecular flexibility index (Phi) is 5.74. The fourth-order valence-electron chi connectivity index (χ4n) is 0.602. The zero-order valence-electron chi connectivity index (χ0n) is 6.52. The van der Waals surface area contributed by atoms with Crippen molar-refractivity contribution in [2.24, 2.45) is 0 Å². The molecule has 0 atom stereocenters. The monoisotopic (exact) mass is 176 g/mol. The molecule has 12 heavy (non-hydrogen) atoms. The Morgan fingerprint density at radius 2 is 1.83 bits per heavy atom. The van der Waals surface area contributed by atoms with Crippen LogP contribution in [0.1, 0.15) is 0 Å². The van der Waals surface area contributed by atoms with Gasteiger partial charge in [-0.3, -0.25) is 0 Å². The summed E-state index contributed by atoms with van der Waals surface area (Å²) in [6, 6.07) is 8.18. The second kappa shape index (κ2) is 6.02. The van der Waals surface area contributed by atoms with Gasteiger partial charge in [-0.05, 0) is 12.1 Å². The first-order chi connectivity index (χ1) is 5.33. The van der Waals surface area contributed by atoms with Gasteiger partial charge in [0.25, 0.3) is 0 Å². The predicted octanol–water partition coefficient (Wildman–Crippen LogP) is -2.52. The molecule has 0 amide bonds. The average Bonchev–Trinajstić information content (AvgIpc) is 2.06. The fraction of sp³-hybridized carbons (Fsp3) is 0. The van der Waals surface area contributed by atoms with Gasteiger partial charge in [0.1, 0.15) is 5.75 Å². The molecule has 0 radical (unpaired) electrons. The average molecular weight is 176 g/mol. The van der Waals surface area contributed by atoms with Gasteiger partial charge in [-0.1, -0.05) is 18.2 Å². The first-order valence-corrected chi connectivity index (χ1v) is 2.89. The molecule has 0 saturated heterocycles. The Morgan fingerprint density at radius 3 is 2.33 bits per heavy atom. The Bertz CT molecular complexity index is 236. The molecule has 0 fully saturated rings. The summed E-state index contributed by atoms with van der Waals surface area (Å²) in [6.07, 6.45) is -1.25. The van der Waals surface area contributed by atoms with Gasteiger partial charge in [-0.15, -0.1) is 0 Å². The smallest absolute Gasteiger partial charge is 0.659 e. The van der Waals surface area contributed by atoms with Gasteiger partial charge in [0.2, 0.25) is 0 Å². The molecule has 0 aliphatic carbocycles. The van der Waals surface area contributed by atoms with Crippen molar-refractivity contribution < 1.29 is 49.2 Å². The zero-order valence-corrected chi connectivity index (χ0v) is 8.52. The number of carbonyl (C=O) groups is 1. The second-order valence-corrected chi connectivity index (χ2v) is 1.75. The van der Waals surface area contributed by atoms with E-state index in [0.717, 1.165) is 0 Å². The molecule has 0 heterocycles. The number of ether oxygens (including phenoxy) is 1. The number of hydrogen-bond acceptors (Lipinski definition) is 4. The van der Waals surface area contributed by atoms with Crippen molar-refractivity contribution in [1.82, 2.24) is 0 Å². The molecule has 1 aromatic carbocycles. The SMILES string of the molecule is O=C(O[O-])Oc1ccccc1.[Na+]. The third kappa shape index (κ3) is 3.73. The molecule has 1 aromatic rings. The summed E-state index contributed by atoms with van der Waals surface area (Å²) in [5, 5.41) is 9.46. The van der Waals surface area contributed by atoms with Crippen LogP contribution in [0, 0.1) is 0 Å². The summed E-state index contributed by atoms with van der Waals surface area (Å²) in [6.45, 7) is 0. The summed E-state index contributed by atoms with van der Waals surface area (Å²) in [7, 11) is 0. The molecule has 5 heteroatoms. The quantitative estimate of drug-likeness (QED) is 0.156. The molecule has 0 bridgehead atoms. The van der Waals surface area contributed by atoms with Crippen LogP contribution in [0.15, 0.2) is 30.3 Å². The van der Waals surface area contributed by atoms with Crippen LogP contribution in [-0.4, -0.2) is 6.16 Å². The third-order valence-corrected chi connectivity index (χ3v) is 1.01. The molecular weight excluding hydrogens is 171 g/mol. The van der Waals surface area contributed by atoms with E-state index in [1.807, 2.05) is 0 Å². The Labute approximate surface area is 91.3 Å². The van der Waals surface area contributed by atoms with Crippen molar-refractivity contribution in [3.63, 3.8) is 0 Å². The van der Waals surface area contributed by atoms with E-state index < -0.39 is 6.16 Å². The molecule has 0 N–H and O–H groups in total. The molecule has 0 aliphatic heterocycles. The fourth-order valence-corrected chi connectivity index (χ4v) is 0.602. The number of benzene rings is 1. The van der Waals surface area contributed by atoms with E-state index in [2.05, 4.69) is 9.62 Å². The van der Waals surface area contributed by atoms with Gasteiger partial charge >= 0.3 is 35.7 Å². The number of hydrogen-bond donors (Lipinski definition) is 0. The van der Waals surface area contributed by atoms with E-state index in [4.69, 9.17) is 0 Å². The first-order valence-electron chi connectivity index (χ1n) is 2.89. The van der Waals surface area contributed by atoms with Crippen LogP contribution < -0.4 is 39.6 Å². The molecule has 0 saturated carbocycles. The van der Waals surface area contributed by atoms with Crippen LogP contribution in [0.5, 0.6) is 5.75 Å². The van der Waals surface area contributed by atoms with Crippen LogP contribution >= 0.6 is 0 Å². The van der Waals surface area contributed by atoms with Crippen molar-refractivity contribution in [2.45, 2.75) is 0 Å². The second-order valence-electron chi connectivity index (χ2n) is 1.75. The largest absolute Gasteiger partial charge is 1.00 e. The maximum absolute atomic E-state index is 10.2. The Balaban J connectivity index is 0.00000121. The molecule has 1 rings (SSSR count). The van der Waals surface area contributed by atoms with Gasteiger partial charge in [-0.25, -0.2) is 4.79 Å². The summed E-state index contributed by atoms with van der Waals surface area (Å²) in [5.41, 5.74) is 0. The van der Waals surface area contributed by atoms with E-state index in [1.165, 1.54) is 12.1 Å². The Morgan fingerprint density at radius 1 is 1.25 bits per heavy atom. The van der Waals surface area contributed by atoms with Crippen LogP contribution in [-0.2, 0) is 4.89 Å². The first kappa shape index (κ1) is 11.4. The third-order valence-electron chi connectivity index (χ3n) is 1.01. The van der Waals surface area contributed by atoms with Gasteiger partial charge in [0.15, 0.2) is 0 Å². The van der Waals surface area contributed by atoms with Crippen molar-refractivity contribution in [3.05, 3.63) is 30.3 Å². The summed E-state index contributed by atoms with van der Waals surface area (Å²) in [4.78, 5) is 13.3. The summed E-state index contributed by atoms with van der Waals surface area (Å²) >= 11 is 0. The summed E-state index contributed by atoms with van der Waals surface area (Å²) < 4.78 is 4.39. The predicted molar refractivity (Wildman–Crippen MR) is 33.6 cm³/mol. The molecular formula is C7H5NaO4. The molecule has 4 nitrogen and oxygen atoms in total. The van der Waals surface area contributed by atoms with Crippen molar-refractivity contribution in [1.29, 1.82) is 0 Å². The van der Waals surface area contributed by atoms with Gasteiger partial charge in [-0.2, -0.15) is 0 Å². The minimum atomic E-state index is -1.25. The van der Waals surface area contributed by atoms with E-state index >= 15 is 0 Å². The van der Waals surface area contributed by atoms with E-state index in [0.29, 0.717) is 0 Å². The van der Waals surface area contributed by atoms with Crippen LogP contribution in [0.3, 0.4) is 0 Å². The normalized spacial score (nSPS) is 8.08. The van der Waals surface area contributed by atoms with Crippen LogP contribution in [0.4, 0.5) is 4.79 Å². The number of para-hydroxylation sites is 1. The number of carbonyl (C=O) groups excluding carboxylic acids is 1. The molecule has 0 aliphatic rings. The molecule has 58 valence electrons. The van der Waals surface area contributed by atoms with Crippen LogP contribution in [0.25, 0.3) is 0 Å². The van der Waals surface area contributed by atoms with Crippen molar-refractivity contribution in [3.8, 4) is 5.75 Å². The van der Waals surface area contributed by atoms with Crippen molar-refractivity contribution >= 4 is 6.16 Å². The maximum atomic E-state index is 10.2. The van der Waals surface area contributed by atoms with Gasteiger partial charge < -0.3 is 14.9 Å². The minimum absolute atomic E-state index is 0. The van der Waals surface area contributed by atoms with Gasteiger partial charge in [0, 0.05) is 0 Å². The maximum Gasteiger partial charge on any atom is 1.00 e. The standard InChI is InChI=1S/C7H6O4.Na/c8-7(11-9)10-6-4-2-1-3-5-6;/h1-5,9H;/q;+1/p-1. The molecule has 0 aromatic heterocycles. The Hall–Kier alpha value is -0.550. The van der Waals surface area contributed by atoms with Crippen molar-refractivity contribution in [2.75, 3.05) is 0 Å². The topological polar surface area (TPSA) is 58.6 Å². The van der Waals surface area contributed by atoms with E-state index in [1.54, 1.807) is 18.2 Å². The minimum Gasteiger partial charge on any atom is -0.659 e.